The van der Waals surface area contributed by atoms with Gasteiger partial charge in [-0.25, -0.2) is 0 Å². The molecule has 0 rings (SSSR count). The maximum absolute atomic E-state index is 10.4. The van der Waals surface area contributed by atoms with Crippen LogP contribution in [0.25, 0.3) is 0 Å². The molecule has 0 aliphatic heterocycles. The van der Waals surface area contributed by atoms with E-state index in [4.69, 9.17) is 5.11 Å². The van der Waals surface area contributed by atoms with Crippen molar-refractivity contribution in [3.63, 3.8) is 0 Å². The summed E-state index contributed by atoms with van der Waals surface area (Å²) in [7, 11) is 5.35. The average Bonchev–Trinajstić information content (AvgIpc) is 1.97. The van der Waals surface area contributed by atoms with Gasteiger partial charge in [0.1, 0.15) is 6.04 Å². The molecule has 3 N–H and O–H groups in total. The lowest BCUT2D eigenvalue weighted by Crippen LogP contribution is -2.32. The third-order valence-corrected chi connectivity index (χ3v) is 2.63. The highest BCUT2D eigenvalue weighted by atomic mass is 32.0. The zero-order valence-corrected chi connectivity index (χ0v) is 9.31. The monoisotopic (exact) mass is 214 g/mol. The number of carbonyl (C=O) groups is 1. The fraction of sp³-hybridized carbons (Fsp3) is 0.750. The Morgan fingerprint density at radius 1 is 1.73 bits per heavy atom. The Morgan fingerprint density at radius 2 is 2.36 bits per heavy atom. The molecule has 0 aromatic heterocycles. The molecule has 0 saturated heterocycles. The van der Waals surface area contributed by atoms with Crippen LogP contribution in [-0.2, 0) is 4.79 Å². The maximum atomic E-state index is 10.4. The lowest BCUT2D eigenvalue weighted by molar-refractivity contribution is -0.139. The van der Waals surface area contributed by atoms with Crippen LogP contribution >= 0.6 is 26.7 Å². The van der Waals surface area contributed by atoms with Crippen molar-refractivity contribution in [2.24, 2.45) is 0 Å². The number of hydrogen-bond acceptors (Lipinski definition) is 3. The molecule has 0 bridgehead atoms. The van der Waals surface area contributed by atoms with Gasteiger partial charge in [0.05, 0.1) is 0 Å². The van der Waals surface area contributed by atoms with E-state index in [-0.39, 0.29) is 0 Å². The van der Waals surface area contributed by atoms with Crippen LogP contribution in [0.1, 0.15) is 6.42 Å². The van der Waals surface area contributed by atoms with E-state index in [2.05, 4.69) is 28.5 Å². The minimum absolute atomic E-state index is 0.464. The van der Waals surface area contributed by atoms with E-state index >= 15 is 0 Å². The number of hydrogen-bond donors (Lipinski definition) is 3. The van der Waals surface area contributed by atoms with Gasteiger partial charge in [0.15, 0.2) is 0 Å². The highest BCUT2D eigenvalue weighted by Gasteiger charge is 2.12. The Kier molecular flexibility index (Phi) is 7.79. The lowest BCUT2D eigenvalue weighted by Gasteiger charge is -2.09. The number of nitrogens with one attached hydrogen (secondary N) is 2. The van der Waals surface area contributed by atoms with E-state index in [9.17, 15) is 4.79 Å². The molecule has 0 amide bonds. The first-order valence-corrected chi connectivity index (χ1v) is 6.48. The van der Waals surface area contributed by atoms with Crippen LogP contribution in [0.15, 0.2) is 0 Å². The summed E-state index contributed by atoms with van der Waals surface area (Å²) in [6.45, 7) is 0.723. The molecule has 7 heteroatoms. The fourth-order valence-corrected chi connectivity index (χ4v) is 1.60. The van der Waals surface area contributed by atoms with Gasteiger partial charge in [0.25, 0.3) is 0 Å². The molecule has 0 aliphatic carbocycles. The lowest BCUT2D eigenvalue weighted by atomic mass is 10.2. The van der Waals surface area contributed by atoms with Crippen LogP contribution in [-0.4, -0.2) is 23.7 Å². The molecule has 4 nitrogen and oxygen atoms in total. The Labute approximate surface area is 72.5 Å². The molecular formula is C4H13N2O2P3. The quantitative estimate of drug-likeness (QED) is 0.436. The van der Waals surface area contributed by atoms with Crippen LogP contribution in [0.4, 0.5) is 0 Å². The van der Waals surface area contributed by atoms with Gasteiger partial charge in [0, 0.05) is 6.54 Å². The van der Waals surface area contributed by atoms with Crippen molar-refractivity contribution in [1.29, 1.82) is 0 Å². The largest absolute Gasteiger partial charge is 0.480 e. The number of aliphatic carboxylic acids is 1. The van der Waals surface area contributed by atoms with E-state index in [0.29, 0.717) is 14.8 Å². The normalized spacial score (nSPS) is 14.0. The van der Waals surface area contributed by atoms with Crippen LogP contribution in [0.5, 0.6) is 0 Å². The van der Waals surface area contributed by atoms with Gasteiger partial charge < -0.3 is 5.11 Å². The molecule has 0 fully saturated rings. The van der Waals surface area contributed by atoms with E-state index < -0.39 is 12.0 Å². The Morgan fingerprint density at radius 3 is 2.73 bits per heavy atom. The first-order valence-electron chi connectivity index (χ1n) is 3.09. The average molecular weight is 214 g/mol. The van der Waals surface area contributed by atoms with Crippen molar-refractivity contribution >= 4 is 32.7 Å². The first-order chi connectivity index (χ1) is 5.22. The summed E-state index contributed by atoms with van der Waals surface area (Å²) in [5, 5.41) is 14.2. The van der Waals surface area contributed by atoms with E-state index in [0.717, 1.165) is 6.54 Å². The number of rotatable bonds is 6. The SMILES string of the molecule is O=C(O)[C@H](CCNPP)NP. The van der Waals surface area contributed by atoms with Gasteiger partial charge >= 0.3 is 5.97 Å². The fourth-order valence-electron chi connectivity index (χ4n) is 0.567. The highest BCUT2D eigenvalue weighted by Crippen LogP contribution is 2.12. The van der Waals surface area contributed by atoms with Crippen LogP contribution in [0, 0.1) is 0 Å². The third-order valence-electron chi connectivity index (χ3n) is 1.16. The van der Waals surface area contributed by atoms with Gasteiger partial charge in [-0.15, -0.1) is 0 Å². The molecule has 0 radical (unpaired) electrons. The zero-order chi connectivity index (χ0) is 8.69. The van der Waals surface area contributed by atoms with Crippen LogP contribution in [0.3, 0.4) is 0 Å². The summed E-state index contributed by atoms with van der Waals surface area (Å²) in [4.78, 5) is 10.4. The minimum Gasteiger partial charge on any atom is -0.480 e. The van der Waals surface area contributed by atoms with Gasteiger partial charge in [-0.2, -0.15) is 0 Å². The summed E-state index contributed by atoms with van der Waals surface area (Å²) in [5.41, 5.74) is 0. The molecule has 0 aromatic carbocycles. The van der Waals surface area contributed by atoms with Gasteiger partial charge in [0.2, 0.25) is 0 Å². The molecule has 66 valence electrons. The number of carboxylic acid groups (broad SMARTS) is 1. The van der Waals surface area contributed by atoms with Gasteiger partial charge in [-0.05, 0) is 14.8 Å². The molecule has 4 atom stereocenters. The molecule has 0 aromatic rings. The molecule has 3 unspecified atom stereocenters. The maximum Gasteiger partial charge on any atom is 0.321 e. The molecule has 0 heterocycles. The predicted molar refractivity (Wildman–Crippen MR) is 54.9 cm³/mol. The molecular weight excluding hydrogens is 201 g/mol. The van der Waals surface area contributed by atoms with Crippen molar-refractivity contribution in [3.05, 3.63) is 0 Å². The third kappa shape index (κ3) is 5.90. The Hall–Kier alpha value is 0.680. The Bertz CT molecular complexity index is 124. The smallest absolute Gasteiger partial charge is 0.321 e. The van der Waals surface area contributed by atoms with E-state index in [1.165, 1.54) is 0 Å². The standard InChI is InChI=1S/C4H13N2O2P3/c7-4(8)3(6-9)1-2-5-11-10/h3,5-6,11H,1-2,9-10H2,(H,7,8)/t3-/m0/s1. The van der Waals surface area contributed by atoms with Crippen molar-refractivity contribution in [2.75, 3.05) is 6.54 Å². The van der Waals surface area contributed by atoms with Crippen molar-refractivity contribution in [1.82, 2.24) is 10.2 Å². The van der Waals surface area contributed by atoms with Gasteiger partial charge in [-0.1, -0.05) is 18.3 Å². The summed E-state index contributed by atoms with van der Waals surface area (Å²) in [6.07, 6.45) is 0.597. The molecule has 0 saturated carbocycles. The van der Waals surface area contributed by atoms with Gasteiger partial charge in [-0.3, -0.25) is 15.0 Å². The van der Waals surface area contributed by atoms with Crippen LogP contribution in [0.2, 0.25) is 0 Å². The van der Waals surface area contributed by atoms with Crippen molar-refractivity contribution in [2.45, 2.75) is 12.5 Å². The van der Waals surface area contributed by atoms with E-state index in [1.807, 2.05) is 0 Å². The van der Waals surface area contributed by atoms with Crippen molar-refractivity contribution in [3.8, 4) is 0 Å². The zero-order valence-electron chi connectivity index (χ0n) is 6.00. The molecule has 11 heavy (non-hydrogen) atoms. The second-order valence-corrected chi connectivity index (χ2v) is 3.76. The molecule has 0 aliphatic rings. The first kappa shape index (κ1) is 11.7. The predicted octanol–water partition coefficient (Wildman–Crippen LogP) is 0.183. The second kappa shape index (κ2) is 7.34. The van der Waals surface area contributed by atoms with Crippen molar-refractivity contribution < 1.29 is 9.90 Å². The summed E-state index contributed by atoms with van der Waals surface area (Å²) < 4.78 is 0. The second-order valence-electron chi connectivity index (χ2n) is 1.92. The van der Waals surface area contributed by atoms with E-state index in [1.54, 1.807) is 0 Å². The summed E-state index contributed by atoms with van der Waals surface area (Å²) in [5.74, 6) is -0.811. The number of carboxylic acids is 1. The molecule has 0 spiro atoms. The topological polar surface area (TPSA) is 61.4 Å². The van der Waals surface area contributed by atoms with Crippen LogP contribution < -0.4 is 10.2 Å². The minimum atomic E-state index is -0.811. The highest BCUT2D eigenvalue weighted by molar-refractivity contribution is 8.01. The summed E-state index contributed by atoms with van der Waals surface area (Å²) >= 11 is 0. The summed E-state index contributed by atoms with van der Waals surface area (Å²) in [6, 6.07) is -0.464. The Balaban J connectivity index is 3.44.